The van der Waals surface area contributed by atoms with Crippen molar-refractivity contribution in [1.29, 1.82) is 0 Å². The maximum absolute atomic E-state index is 12.4. The van der Waals surface area contributed by atoms with Gasteiger partial charge in [-0.05, 0) is 36.4 Å². The molecular formula is C21H19N3O3S. The van der Waals surface area contributed by atoms with Crippen molar-refractivity contribution in [3.8, 4) is 22.9 Å². The highest BCUT2D eigenvalue weighted by molar-refractivity contribution is 7.85. The van der Waals surface area contributed by atoms with E-state index in [9.17, 15) is 4.21 Å². The fourth-order valence-corrected chi connectivity index (χ4v) is 3.77. The number of H-pyrrole nitrogens is 1. The minimum atomic E-state index is -1.12. The minimum Gasteiger partial charge on any atom is -0.497 e. The molecule has 1 N–H and O–H groups in total. The van der Waals surface area contributed by atoms with E-state index in [1.54, 1.807) is 19.4 Å². The number of pyridine rings is 1. The molecule has 28 heavy (non-hydrogen) atoms. The number of benzene rings is 2. The van der Waals surface area contributed by atoms with E-state index in [1.807, 2.05) is 54.6 Å². The Balaban J connectivity index is 1.56. The van der Waals surface area contributed by atoms with E-state index >= 15 is 0 Å². The third-order valence-electron chi connectivity index (χ3n) is 4.23. The van der Waals surface area contributed by atoms with Crippen molar-refractivity contribution in [3.63, 3.8) is 0 Å². The fraction of sp³-hybridized carbons (Fsp3) is 0.143. The normalized spacial score (nSPS) is 12.0. The molecule has 1 unspecified atom stereocenters. The van der Waals surface area contributed by atoms with Gasteiger partial charge in [0.05, 0.1) is 34.7 Å². The molecule has 0 amide bonds. The second-order valence-electron chi connectivity index (χ2n) is 6.03. The number of fused-ring (bicyclic) bond motifs is 1. The largest absolute Gasteiger partial charge is 0.497 e. The number of aromatic amines is 1. The number of nitrogens with one attached hydrogen (secondary N) is 1. The number of ether oxygens (including phenoxy) is 2. The number of nitrogens with zero attached hydrogens (tertiary/aromatic N) is 2. The van der Waals surface area contributed by atoms with E-state index in [2.05, 4.69) is 15.0 Å². The molecule has 0 fully saturated rings. The number of hydrogen-bond donors (Lipinski definition) is 1. The molecule has 7 heteroatoms. The lowest BCUT2D eigenvalue weighted by molar-refractivity contribution is 0.339. The second kappa shape index (κ2) is 8.22. The zero-order chi connectivity index (χ0) is 19.3. The van der Waals surface area contributed by atoms with E-state index in [0.717, 1.165) is 16.0 Å². The number of hydrogen-bond acceptors (Lipinski definition) is 5. The van der Waals surface area contributed by atoms with Crippen LogP contribution >= 0.6 is 0 Å². The summed E-state index contributed by atoms with van der Waals surface area (Å²) in [6.45, 7) is 0.306. The number of aromatic nitrogens is 3. The summed E-state index contributed by atoms with van der Waals surface area (Å²) < 4.78 is 23.7. The van der Waals surface area contributed by atoms with Crippen LogP contribution in [0.25, 0.3) is 22.6 Å². The molecule has 2 heterocycles. The molecule has 4 aromatic rings. The van der Waals surface area contributed by atoms with Crippen molar-refractivity contribution in [2.45, 2.75) is 4.90 Å². The van der Waals surface area contributed by atoms with Crippen LogP contribution in [0.5, 0.6) is 11.5 Å². The lowest BCUT2D eigenvalue weighted by Gasteiger charge is -2.12. The molecule has 0 bridgehead atoms. The van der Waals surface area contributed by atoms with E-state index in [4.69, 9.17) is 9.47 Å². The van der Waals surface area contributed by atoms with Crippen LogP contribution in [0, 0.1) is 0 Å². The van der Waals surface area contributed by atoms with Gasteiger partial charge in [0.15, 0.2) is 5.65 Å². The van der Waals surface area contributed by atoms with Gasteiger partial charge in [-0.25, -0.2) is 9.97 Å². The molecule has 0 aliphatic rings. The zero-order valence-corrected chi connectivity index (χ0v) is 16.1. The second-order valence-corrected chi connectivity index (χ2v) is 7.60. The Labute approximate surface area is 165 Å². The lowest BCUT2D eigenvalue weighted by atomic mass is 10.2. The summed E-state index contributed by atoms with van der Waals surface area (Å²) in [5, 5.41) is 0. The van der Waals surface area contributed by atoms with Gasteiger partial charge in [-0.3, -0.25) is 4.21 Å². The molecule has 0 saturated heterocycles. The van der Waals surface area contributed by atoms with Crippen LogP contribution in [0.4, 0.5) is 0 Å². The molecule has 0 aliphatic heterocycles. The molecule has 0 radical (unpaired) electrons. The van der Waals surface area contributed by atoms with Crippen LogP contribution in [0.15, 0.2) is 71.8 Å². The highest BCUT2D eigenvalue weighted by atomic mass is 32.2. The molecule has 142 valence electrons. The van der Waals surface area contributed by atoms with Gasteiger partial charge in [-0.1, -0.05) is 18.2 Å². The fourth-order valence-electron chi connectivity index (χ4n) is 2.83. The van der Waals surface area contributed by atoms with Gasteiger partial charge in [0.1, 0.15) is 23.9 Å². The monoisotopic (exact) mass is 393 g/mol. The van der Waals surface area contributed by atoms with E-state index < -0.39 is 10.8 Å². The van der Waals surface area contributed by atoms with Crippen molar-refractivity contribution >= 4 is 22.0 Å². The van der Waals surface area contributed by atoms with Crippen LogP contribution < -0.4 is 9.47 Å². The molecule has 2 aromatic carbocycles. The van der Waals surface area contributed by atoms with Crippen molar-refractivity contribution in [2.24, 2.45) is 0 Å². The Morgan fingerprint density at radius 3 is 2.71 bits per heavy atom. The van der Waals surface area contributed by atoms with Crippen LogP contribution in [0.2, 0.25) is 0 Å². The third-order valence-corrected chi connectivity index (χ3v) is 5.57. The van der Waals surface area contributed by atoms with E-state index in [0.29, 0.717) is 35.3 Å². The van der Waals surface area contributed by atoms with Crippen molar-refractivity contribution in [2.75, 3.05) is 19.5 Å². The molecule has 0 saturated carbocycles. The lowest BCUT2D eigenvalue weighted by Crippen LogP contribution is -2.09. The minimum absolute atomic E-state index is 0.306. The van der Waals surface area contributed by atoms with Crippen LogP contribution in [0.3, 0.4) is 0 Å². The Hall–Kier alpha value is -3.19. The van der Waals surface area contributed by atoms with Crippen molar-refractivity contribution in [1.82, 2.24) is 15.0 Å². The standard InChI is InChI=1S/C21H19N3O3S/c1-26-15-9-10-17(20-23-18-8-5-11-22-21(18)24-20)19(14-15)27-12-13-28(25)16-6-3-2-4-7-16/h2-11,14H,12-13H2,1H3,(H,22,23,24). The smallest absolute Gasteiger partial charge is 0.178 e. The Morgan fingerprint density at radius 1 is 1.07 bits per heavy atom. The Morgan fingerprint density at radius 2 is 1.93 bits per heavy atom. The Kier molecular flexibility index (Phi) is 5.34. The summed E-state index contributed by atoms with van der Waals surface area (Å²) in [7, 11) is 0.488. The molecule has 4 rings (SSSR count). The van der Waals surface area contributed by atoms with Gasteiger partial charge < -0.3 is 14.5 Å². The first kappa shape index (κ1) is 18.2. The Bertz CT molecular complexity index is 1080. The first-order valence-corrected chi connectivity index (χ1v) is 10.1. The molecule has 6 nitrogen and oxygen atoms in total. The number of rotatable bonds is 7. The van der Waals surface area contributed by atoms with Gasteiger partial charge in [0.2, 0.25) is 0 Å². The summed E-state index contributed by atoms with van der Waals surface area (Å²) in [6, 6.07) is 18.7. The summed E-state index contributed by atoms with van der Waals surface area (Å²) in [5.74, 6) is 2.35. The summed E-state index contributed by atoms with van der Waals surface area (Å²) in [4.78, 5) is 12.9. The van der Waals surface area contributed by atoms with Crippen molar-refractivity contribution in [3.05, 3.63) is 66.9 Å². The van der Waals surface area contributed by atoms with Crippen LogP contribution in [0.1, 0.15) is 0 Å². The first-order valence-electron chi connectivity index (χ1n) is 8.80. The van der Waals surface area contributed by atoms with E-state index in [-0.39, 0.29) is 0 Å². The number of methoxy groups -OCH3 is 1. The van der Waals surface area contributed by atoms with Gasteiger partial charge in [0.25, 0.3) is 0 Å². The molecule has 0 aliphatic carbocycles. The van der Waals surface area contributed by atoms with Gasteiger partial charge in [-0.2, -0.15) is 0 Å². The highest BCUT2D eigenvalue weighted by Gasteiger charge is 2.14. The number of imidazole rings is 1. The van der Waals surface area contributed by atoms with Gasteiger partial charge in [0, 0.05) is 17.2 Å². The van der Waals surface area contributed by atoms with Gasteiger partial charge >= 0.3 is 0 Å². The van der Waals surface area contributed by atoms with Crippen molar-refractivity contribution < 1.29 is 13.7 Å². The molecule has 0 spiro atoms. The average molecular weight is 393 g/mol. The predicted molar refractivity (Wildman–Crippen MR) is 109 cm³/mol. The third kappa shape index (κ3) is 3.89. The quantitative estimate of drug-likeness (QED) is 0.516. The van der Waals surface area contributed by atoms with E-state index in [1.165, 1.54) is 0 Å². The maximum atomic E-state index is 12.4. The topological polar surface area (TPSA) is 77.1 Å². The molecular weight excluding hydrogens is 374 g/mol. The molecule has 2 aromatic heterocycles. The van der Waals surface area contributed by atoms with Crippen LogP contribution in [-0.2, 0) is 10.8 Å². The van der Waals surface area contributed by atoms with Crippen LogP contribution in [-0.4, -0.2) is 38.6 Å². The highest BCUT2D eigenvalue weighted by Crippen LogP contribution is 2.32. The summed E-state index contributed by atoms with van der Waals surface area (Å²) in [5.41, 5.74) is 2.29. The van der Waals surface area contributed by atoms with Gasteiger partial charge in [-0.15, -0.1) is 0 Å². The average Bonchev–Trinajstić information content (AvgIpc) is 3.18. The predicted octanol–water partition coefficient (Wildman–Crippen LogP) is 3.82. The zero-order valence-electron chi connectivity index (χ0n) is 15.3. The first-order chi connectivity index (χ1) is 13.7. The molecule has 1 atom stereocenters. The summed E-state index contributed by atoms with van der Waals surface area (Å²) >= 11 is 0. The summed E-state index contributed by atoms with van der Waals surface area (Å²) in [6.07, 6.45) is 1.71. The SMILES string of the molecule is COc1ccc(-c2nc3ncccc3[nH]2)c(OCCS(=O)c2ccccc2)c1. The maximum Gasteiger partial charge on any atom is 0.178 e.